The summed E-state index contributed by atoms with van der Waals surface area (Å²) in [4.78, 5) is 13.6. The van der Waals surface area contributed by atoms with Gasteiger partial charge in [-0.3, -0.25) is 4.79 Å². The SMILES string of the molecule is C=CCC(N)C(=O)N(CCC)C(C)C. The van der Waals surface area contributed by atoms with Crippen molar-refractivity contribution in [1.82, 2.24) is 4.90 Å². The number of carbonyl (C=O) groups is 1. The number of carbonyl (C=O) groups excluding carboxylic acids is 1. The van der Waals surface area contributed by atoms with Gasteiger partial charge in [0.15, 0.2) is 0 Å². The van der Waals surface area contributed by atoms with Crippen molar-refractivity contribution in [2.45, 2.75) is 45.7 Å². The summed E-state index contributed by atoms with van der Waals surface area (Å²) in [5, 5.41) is 0. The smallest absolute Gasteiger partial charge is 0.240 e. The number of nitrogens with zero attached hydrogens (tertiary/aromatic N) is 1. The van der Waals surface area contributed by atoms with E-state index in [2.05, 4.69) is 13.5 Å². The third-order valence-corrected chi connectivity index (χ3v) is 2.11. The molecule has 2 N–H and O–H groups in total. The highest BCUT2D eigenvalue weighted by molar-refractivity contribution is 5.82. The third kappa shape index (κ3) is 3.92. The Morgan fingerprint density at radius 3 is 2.50 bits per heavy atom. The second-order valence-electron chi connectivity index (χ2n) is 3.76. The van der Waals surface area contributed by atoms with Gasteiger partial charge in [-0.15, -0.1) is 6.58 Å². The highest BCUT2D eigenvalue weighted by atomic mass is 16.2. The fourth-order valence-electron chi connectivity index (χ4n) is 1.36. The maximum atomic E-state index is 11.8. The fraction of sp³-hybridized carbons (Fsp3) is 0.727. The first-order valence-corrected chi connectivity index (χ1v) is 5.21. The zero-order valence-electron chi connectivity index (χ0n) is 9.49. The first-order valence-electron chi connectivity index (χ1n) is 5.21. The molecule has 0 saturated carbocycles. The van der Waals surface area contributed by atoms with Crippen LogP contribution in [0.5, 0.6) is 0 Å². The second kappa shape index (κ2) is 6.60. The van der Waals surface area contributed by atoms with Crippen LogP contribution in [0.3, 0.4) is 0 Å². The Bertz CT molecular complexity index is 190. The molecule has 1 atom stereocenters. The van der Waals surface area contributed by atoms with Gasteiger partial charge >= 0.3 is 0 Å². The molecule has 3 heteroatoms. The van der Waals surface area contributed by atoms with Gasteiger partial charge < -0.3 is 10.6 Å². The van der Waals surface area contributed by atoms with E-state index in [1.165, 1.54) is 0 Å². The van der Waals surface area contributed by atoms with Gasteiger partial charge in [0.05, 0.1) is 6.04 Å². The molecule has 0 bridgehead atoms. The maximum Gasteiger partial charge on any atom is 0.240 e. The van der Waals surface area contributed by atoms with Crippen LogP contribution >= 0.6 is 0 Å². The van der Waals surface area contributed by atoms with E-state index in [9.17, 15) is 4.79 Å². The lowest BCUT2D eigenvalue weighted by Gasteiger charge is -2.28. The van der Waals surface area contributed by atoms with Crippen molar-refractivity contribution in [1.29, 1.82) is 0 Å². The largest absolute Gasteiger partial charge is 0.339 e. The lowest BCUT2D eigenvalue weighted by Crippen LogP contribution is -2.47. The van der Waals surface area contributed by atoms with Crippen molar-refractivity contribution in [2.24, 2.45) is 5.73 Å². The average Bonchev–Trinajstić information content (AvgIpc) is 2.13. The van der Waals surface area contributed by atoms with Crippen molar-refractivity contribution in [2.75, 3.05) is 6.54 Å². The fourth-order valence-corrected chi connectivity index (χ4v) is 1.36. The molecule has 82 valence electrons. The molecule has 0 aliphatic rings. The van der Waals surface area contributed by atoms with Crippen LogP contribution in [0.15, 0.2) is 12.7 Å². The first-order chi connectivity index (χ1) is 6.54. The predicted octanol–water partition coefficient (Wildman–Crippen LogP) is 1.54. The van der Waals surface area contributed by atoms with E-state index in [1.54, 1.807) is 6.08 Å². The van der Waals surface area contributed by atoms with E-state index in [1.807, 2.05) is 18.7 Å². The molecule has 1 unspecified atom stereocenters. The number of amides is 1. The van der Waals surface area contributed by atoms with Crippen LogP contribution in [0.2, 0.25) is 0 Å². The van der Waals surface area contributed by atoms with E-state index < -0.39 is 6.04 Å². The normalized spacial score (nSPS) is 12.6. The van der Waals surface area contributed by atoms with E-state index >= 15 is 0 Å². The van der Waals surface area contributed by atoms with Gasteiger partial charge in [0.25, 0.3) is 0 Å². The van der Waals surface area contributed by atoms with Crippen LogP contribution < -0.4 is 5.73 Å². The summed E-state index contributed by atoms with van der Waals surface area (Å²) in [6.07, 6.45) is 3.20. The minimum Gasteiger partial charge on any atom is -0.339 e. The molecule has 1 amide bonds. The van der Waals surface area contributed by atoms with Gasteiger partial charge in [0.2, 0.25) is 5.91 Å². The summed E-state index contributed by atoms with van der Waals surface area (Å²) in [5.41, 5.74) is 5.73. The summed E-state index contributed by atoms with van der Waals surface area (Å²) in [6, 6.07) is -0.209. The monoisotopic (exact) mass is 198 g/mol. The van der Waals surface area contributed by atoms with Crippen LogP contribution in [0.25, 0.3) is 0 Å². The van der Waals surface area contributed by atoms with Gasteiger partial charge in [-0.1, -0.05) is 13.0 Å². The van der Waals surface area contributed by atoms with Crippen LogP contribution in [-0.4, -0.2) is 29.4 Å². The van der Waals surface area contributed by atoms with E-state index in [0.29, 0.717) is 6.42 Å². The first kappa shape index (κ1) is 13.2. The van der Waals surface area contributed by atoms with Crippen molar-refractivity contribution >= 4 is 5.91 Å². The summed E-state index contributed by atoms with van der Waals surface area (Å²) >= 11 is 0. The zero-order chi connectivity index (χ0) is 11.1. The maximum absolute atomic E-state index is 11.8. The minimum absolute atomic E-state index is 0.0294. The van der Waals surface area contributed by atoms with E-state index in [0.717, 1.165) is 13.0 Å². The summed E-state index contributed by atoms with van der Waals surface area (Å²) in [7, 11) is 0. The Balaban J connectivity index is 4.34. The number of hydrogen-bond donors (Lipinski definition) is 1. The van der Waals surface area contributed by atoms with E-state index in [4.69, 9.17) is 5.73 Å². The molecule has 0 aromatic carbocycles. The third-order valence-electron chi connectivity index (χ3n) is 2.11. The van der Waals surface area contributed by atoms with Crippen LogP contribution in [0, 0.1) is 0 Å². The van der Waals surface area contributed by atoms with Crippen LogP contribution in [-0.2, 0) is 4.79 Å². The molecule has 0 rings (SSSR count). The van der Waals surface area contributed by atoms with Gasteiger partial charge in [-0.05, 0) is 26.7 Å². The number of nitrogens with two attached hydrogens (primary N) is 1. The van der Waals surface area contributed by atoms with E-state index in [-0.39, 0.29) is 11.9 Å². The van der Waals surface area contributed by atoms with Gasteiger partial charge in [0.1, 0.15) is 0 Å². The quantitative estimate of drug-likeness (QED) is 0.658. The Labute approximate surface area is 87.0 Å². The lowest BCUT2D eigenvalue weighted by atomic mass is 10.1. The topological polar surface area (TPSA) is 46.3 Å². The Kier molecular flexibility index (Phi) is 6.21. The van der Waals surface area contributed by atoms with Crippen molar-refractivity contribution in [3.05, 3.63) is 12.7 Å². The average molecular weight is 198 g/mol. The lowest BCUT2D eigenvalue weighted by molar-refractivity contribution is -0.134. The standard InChI is InChI=1S/C11H22N2O/c1-5-7-10(12)11(14)13(8-6-2)9(3)4/h5,9-10H,1,6-8,12H2,2-4H3. The van der Waals surface area contributed by atoms with Crippen LogP contribution in [0.1, 0.15) is 33.6 Å². The Hall–Kier alpha value is -0.830. The summed E-state index contributed by atoms with van der Waals surface area (Å²) in [5.74, 6) is 0.0294. The molecular weight excluding hydrogens is 176 g/mol. The van der Waals surface area contributed by atoms with Crippen LogP contribution in [0.4, 0.5) is 0 Å². The second-order valence-corrected chi connectivity index (χ2v) is 3.76. The molecule has 0 aromatic heterocycles. The number of hydrogen-bond acceptors (Lipinski definition) is 2. The molecule has 0 aliphatic heterocycles. The van der Waals surface area contributed by atoms with Gasteiger partial charge in [-0.25, -0.2) is 0 Å². The highest BCUT2D eigenvalue weighted by Gasteiger charge is 2.21. The predicted molar refractivity (Wildman–Crippen MR) is 59.9 cm³/mol. The van der Waals surface area contributed by atoms with Gasteiger partial charge in [0, 0.05) is 12.6 Å². The molecule has 0 heterocycles. The highest BCUT2D eigenvalue weighted by Crippen LogP contribution is 2.04. The van der Waals surface area contributed by atoms with Gasteiger partial charge in [-0.2, -0.15) is 0 Å². The Morgan fingerprint density at radius 2 is 2.14 bits per heavy atom. The molecule has 14 heavy (non-hydrogen) atoms. The molecule has 0 aliphatic carbocycles. The minimum atomic E-state index is -0.429. The van der Waals surface area contributed by atoms with Crippen molar-refractivity contribution in [3.8, 4) is 0 Å². The molecule has 0 spiro atoms. The Morgan fingerprint density at radius 1 is 1.57 bits per heavy atom. The van der Waals surface area contributed by atoms with Crippen molar-refractivity contribution in [3.63, 3.8) is 0 Å². The molecule has 0 radical (unpaired) electrons. The molecule has 0 saturated heterocycles. The van der Waals surface area contributed by atoms with Crippen molar-refractivity contribution < 1.29 is 4.79 Å². The summed E-state index contributed by atoms with van der Waals surface area (Å²) < 4.78 is 0. The molecule has 0 fully saturated rings. The molecule has 3 nitrogen and oxygen atoms in total. The summed E-state index contributed by atoms with van der Waals surface area (Å²) in [6.45, 7) is 10.4. The molecular formula is C11H22N2O. The number of rotatable bonds is 6. The zero-order valence-corrected chi connectivity index (χ0v) is 9.49. The molecule has 0 aromatic rings.